The predicted molar refractivity (Wildman–Crippen MR) is 98.1 cm³/mol. The molecule has 1 aliphatic heterocycles. The Labute approximate surface area is 142 Å². The quantitative estimate of drug-likeness (QED) is 0.742. The van der Waals surface area contributed by atoms with Crippen LogP contribution in [0.1, 0.15) is 0 Å². The number of hydrogen-bond acceptors (Lipinski definition) is 4. The number of fused-ring (bicyclic) bond motifs is 1. The van der Waals surface area contributed by atoms with Gasteiger partial charge < -0.3 is 19.1 Å². The van der Waals surface area contributed by atoms with E-state index >= 15 is 0 Å². The number of nitrogens with zero attached hydrogens (tertiary/aromatic N) is 4. The number of rotatable bonds is 3. The summed E-state index contributed by atoms with van der Waals surface area (Å²) in [5.74, 6) is 0.945. The van der Waals surface area contributed by atoms with Crippen molar-refractivity contribution in [2.75, 3.05) is 43.1 Å². The molecule has 0 bridgehead atoms. The van der Waals surface area contributed by atoms with Crippen molar-refractivity contribution in [2.45, 2.75) is 0 Å². The fraction of sp³-hybridized carbons (Fsp3) is 0.316. The van der Waals surface area contributed by atoms with Crippen molar-refractivity contribution in [2.24, 2.45) is 7.05 Å². The van der Waals surface area contributed by atoms with E-state index in [4.69, 9.17) is 4.74 Å². The first-order valence-corrected chi connectivity index (χ1v) is 8.31. The molecule has 0 radical (unpaired) electrons. The standard InChI is InChI=1S/C19H22N4O/c1-21-14-17(15-6-5-9-20-19(15)21)23-12-10-22(11-13-23)16-7-3-4-8-18(16)24-2/h3-9,14H,10-13H2,1-2H3. The lowest BCUT2D eigenvalue weighted by molar-refractivity contribution is 0.413. The van der Waals surface area contributed by atoms with Crippen LogP contribution in [0.15, 0.2) is 48.8 Å². The van der Waals surface area contributed by atoms with Crippen LogP contribution in [-0.2, 0) is 7.05 Å². The smallest absolute Gasteiger partial charge is 0.142 e. The van der Waals surface area contributed by atoms with Gasteiger partial charge in [-0.3, -0.25) is 0 Å². The van der Waals surface area contributed by atoms with E-state index in [0.717, 1.165) is 37.6 Å². The van der Waals surface area contributed by atoms with Gasteiger partial charge in [0.1, 0.15) is 11.4 Å². The van der Waals surface area contributed by atoms with Gasteiger partial charge in [-0.15, -0.1) is 0 Å². The highest BCUT2D eigenvalue weighted by atomic mass is 16.5. The van der Waals surface area contributed by atoms with Crippen LogP contribution in [0.3, 0.4) is 0 Å². The fourth-order valence-electron chi connectivity index (χ4n) is 3.52. The normalized spacial score (nSPS) is 15.1. The Bertz CT molecular complexity index is 849. The van der Waals surface area contributed by atoms with Gasteiger partial charge in [0.15, 0.2) is 0 Å². The van der Waals surface area contributed by atoms with Gasteiger partial charge in [0, 0.05) is 51.0 Å². The SMILES string of the molecule is COc1ccccc1N1CCN(c2cn(C)c3ncccc23)CC1. The topological polar surface area (TPSA) is 33.5 Å². The van der Waals surface area contributed by atoms with Gasteiger partial charge >= 0.3 is 0 Å². The maximum Gasteiger partial charge on any atom is 0.142 e. The predicted octanol–water partition coefficient (Wildman–Crippen LogP) is 2.91. The van der Waals surface area contributed by atoms with E-state index in [9.17, 15) is 0 Å². The van der Waals surface area contributed by atoms with E-state index in [1.54, 1.807) is 7.11 Å². The lowest BCUT2D eigenvalue weighted by atomic mass is 10.2. The minimum atomic E-state index is 0.945. The zero-order valence-electron chi connectivity index (χ0n) is 14.1. The van der Waals surface area contributed by atoms with Gasteiger partial charge in [0.2, 0.25) is 0 Å². The molecule has 0 spiro atoms. The van der Waals surface area contributed by atoms with E-state index in [1.165, 1.54) is 16.8 Å². The average Bonchev–Trinajstić information content (AvgIpc) is 2.99. The third kappa shape index (κ3) is 2.46. The number of piperazine rings is 1. The van der Waals surface area contributed by atoms with E-state index in [1.807, 2.05) is 24.4 Å². The summed E-state index contributed by atoms with van der Waals surface area (Å²) in [7, 11) is 3.79. The molecular weight excluding hydrogens is 300 g/mol. The number of pyridine rings is 1. The molecule has 5 nitrogen and oxygen atoms in total. The van der Waals surface area contributed by atoms with Crippen LogP contribution in [0.2, 0.25) is 0 Å². The summed E-state index contributed by atoms with van der Waals surface area (Å²) < 4.78 is 7.61. The van der Waals surface area contributed by atoms with Crippen molar-refractivity contribution in [3.63, 3.8) is 0 Å². The van der Waals surface area contributed by atoms with Gasteiger partial charge in [-0.1, -0.05) is 12.1 Å². The van der Waals surface area contributed by atoms with Crippen LogP contribution < -0.4 is 14.5 Å². The Hall–Kier alpha value is -2.69. The molecule has 2 aromatic heterocycles. The molecule has 5 heteroatoms. The van der Waals surface area contributed by atoms with Gasteiger partial charge in [-0.25, -0.2) is 4.98 Å². The van der Waals surface area contributed by atoms with Crippen molar-refractivity contribution in [1.82, 2.24) is 9.55 Å². The van der Waals surface area contributed by atoms with Crippen molar-refractivity contribution in [3.8, 4) is 5.75 Å². The minimum Gasteiger partial charge on any atom is -0.495 e. The van der Waals surface area contributed by atoms with Crippen LogP contribution >= 0.6 is 0 Å². The second-order valence-corrected chi connectivity index (χ2v) is 6.15. The van der Waals surface area contributed by atoms with E-state index in [2.05, 4.69) is 50.8 Å². The number of para-hydroxylation sites is 2. The number of aryl methyl sites for hydroxylation is 1. The minimum absolute atomic E-state index is 0.945. The molecule has 0 N–H and O–H groups in total. The number of methoxy groups -OCH3 is 1. The summed E-state index contributed by atoms with van der Waals surface area (Å²) in [6.07, 6.45) is 4.04. The fourth-order valence-corrected chi connectivity index (χ4v) is 3.52. The Morgan fingerprint density at radius 3 is 2.38 bits per heavy atom. The summed E-state index contributed by atoms with van der Waals surface area (Å²) in [5, 5.41) is 1.23. The highest BCUT2D eigenvalue weighted by molar-refractivity contribution is 5.91. The van der Waals surface area contributed by atoms with Crippen molar-refractivity contribution >= 4 is 22.4 Å². The summed E-state index contributed by atoms with van der Waals surface area (Å²) in [4.78, 5) is 9.35. The molecule has 124 valence electrons. The number of hydrogen-bond donors (Lipinski definition) is 0. The molecule has 3 heterocycles. The number of ether oxygens (including phenoxy) is 1. The average molecular weight is 322 g/mol. The van der Waals surface area contributed by atoms with Crippen molar-refractivity contribution in [3.05, 3.63) is 48.8 Å². The summed E-state index contributed by atoms with van der Waals surface area (Å²) in [6.45, 7) is 3.95. The number of benzene rings is 1. The molecule has 0 aliphatic carbocycles. The van der Waals surface area contributed by atoms with Crippen LogP contribution in [0.4, 0.5) is 11.4 Å². The molecule has 0 amide bonds. The van der Waals surface area contributed by atoms with Crippen molar-refractivity contribution < 1.29 is 4.74 Å². The molecule has 3 aromatic rings. The first kappa shape index (κ1) is 14.9. The molecule has 1 fully saturated rings. The lowest BCUT2D eigenvalue weighted by Gasteiger charge is -2.37. The molecule has 4 rings (SSSR count). The first-order chi connectivity index (χ1) is 11.8. The monoisotopic (exact) mass is 322 g/mol. The van der Waals surface area contributed by atoms with Crippen molar-refractivity contribution in [1.29, 1.82) is 0 Å². The molecule has 1 aliphatic rings. The Morgan fingerprint density at radius 1 is 0.917 bits per heavy atom. The maximum atomic E-state index is 5.50. The molecule has 0 saturated carbocycles. The Balaban J connectivity index is 1.56. The number of anilines is 2. The zero-order chi connectivity index (χ0) is 16.5. The summed E-state index contributed by atoms with van der Waals surface area (Å²) in [6, 6.07) is 12.4. The van der Waals surface area contributed by atoms with E-state index in [0.29, 0.717) is 0 Å². The van der Waals surface area contributed by atoms with Gasteiger partial charge in [0.05, 0.1) is 18.5 Å². The molecule has 0 atom stereocenters. The van der Waals surface area contributed by atoms with Gasteiger partial charge in [-0.05, 0) is 24.3 Å². The van der Waals surface area contributed by atoms with Crippen LogP contribution in [0, 0.1) is 0 Å². The highest BCUT2D eigenvalue weighted by Crippen LogP contribution is 2.31. The summed E-state index contributed by atoms with van der Waals surface area (Å²) >= 11 is 0. The van der Waals surface area contributed by atoms with Gasteiger partial charge in [0.25, 0.3) is 0 Å². The molecule has 24 heavy (non-hydrogen) atoms. The van der Waals surface area contributed by atoms with E-state index < -0.39 is 0 Å². The van der Waals surface area contributed by atoms with Crippen LogP contribution in [0.25, 0.3) is 11.0 Å². The molecule has 1 saturated heterocycles. The zero-order valence-corrected chi connectivity index (χ0v) is 14.1. The third-order valence-electron chi connectivity index (χ3n) is 4.76. The second-order valence-electron chi connectivity index (χ2n) is 6.15. The highest BCUT2D eigenvalue weighted by Gasteiger charge is 2.22. The van der Waals surface area contributed by atoms with E-state index in [-0.39, 0.29) is 0 Å². The molecule has 1 aromatic carbocycles. The van der Waals surface area contributed by atoms with Crippen LogP contribution in [-0.4, -0.2) is 42.8 Å². The summed E-state index contributed by atoms with van der Waals surface area (Å²) in [5.41, 5.74) is 3.50. The molecular formula is C19H22N4O. The largest absolute Gasteiger partial charge is 0.495 e. The Kier molecular flexibility index (Phi) is 3.76. The number of aromatic nitrogens is 2. The first-order valence-electron chi connectivity index (χ1n) is 8.31. The van der Waals surface area contributed by atoms with Crippen LogP contribution in [0.5, 0.6) is 5.75 Å². The van der Waals surface area contributed by atoms with Gasteiger partial charge in [-0.2, -0.15) is 0 Å². The second kappa shape index (κ2) is 6.07. The maximum absolute atomic E-state index is 5.50. The Morgan fingerprint density at radius 2 is 1.62 bits per heavy atom. The lowest BCUT2D eigenvalue weighted by Crippen LogP contribution is -2.46. The third-order valence-corrected chi connectivity index (χ3v) is 4.76. The molecule has 0 unspecified atom stereocenters.